The van der Waals surface area contributed by atoms with E-state index in [1.54, 1.807) is 14.2 Å². The van der Waals surface area contributed by atoms with Gasteiger partial charge in [0.2, 0.25) is 5.75 Å². The zero-order valence-corrected chi connectivity index (χ0v) is 20.6. The number of carboxylic acids is 1. The number of hydrogen-bond donors (Lipinski definition) is 1. The molecule has 186 valence electrons. The van der Waals surface area contributed by atoms with Gasteiger partial charge in [0.15, 0.2) is 17.3 Å². The van der Waals surface area contributed by atoms with Crippen LogP contribution < -0.4 is 14.2 Å². The van der Waals surface area contributed by atoms with Gasteiger partial charge in [-0.3, -0.25) is 9.59 Å². The Bertz CT molecular complexity index is 1130. The van der Waals surface area contributed by atoms with E-state index in [9.17, 15) is 14.7 Å². The van der Waals surface area contributed by atoms with E-state index in [2.05, 4.69) is 0 Å². The van der Waals surface area contributed by atoms with Gasteiger partial charge in [0.25, 0.3) is 0 Å². The minimum absolute atomic E-state index is 0.0913. The minimum atomic E-state index is -0.887. The molecule has 2 unspecified atom stereocenters. The Morgan fingerprint density at radius 2 is 1.71 bits per heavy atom. The number of fused-ring (bicyclic) bond motifs is 1. The van der Waals surface area contributed by atoms with Crippen molar-refractivity contribution in [3.63, 3.8) is 0 Å². The third-order valence-corrected chi connectivity index (χ3v) is 8.60. The molecular formula is C29H34O6. The molecule has 2 fully saturated rings. The molecule has 2 saturated carbocycles. The number of carbonyl (C=O) groups is 2. The Balaban J connectivity index is 1.53. The van der Waals surface area contributed by atoms with Crippen molar-refractivity contribution in [2.24, 2.45) is 17.3 Å². The first-order chi connectivity index (χ1) is 17.0. The number of methoxy groups -OCH3 is 2. The molecule has 2 atom stereocenters. The lowest BCUT2D eigenvalue weighted by Crippen LogP contribution is -2.54. The zero-order valence-electron chi connectivity index (χ0n) is 20.6. The lowest BCUT2D eigenvalue weighted by Gasteiger charge is -2.50. The van der Waals surface area contributed by atoms with E-state index in [0.717, 1.165) is 41.5 Å². The van der Waals surface area contributed by atoms with Crippen molar-refractivity contribution in [2.45, 2.75) is 57.8 Å². The first-order valence-electron chi connectivity index (χ1n) is 12.8. The second kappa shape index (κ2) is 9.56. The van der Waals surface area contributed by atoms with Gasteiger partial charge >= 0.3 is 5.97 Å². The van der Waals surface area contributed by atoms with E-state index >= 15 is 0 Å². The highest BCUT2D eigenvalue weighted by Crippen LogP contribution is 2.55. The lowest BCUT2D eigenvalue weighted by atomic mass is 9.54. The van der Waals surface area contributed by atoms with Gasteiger partial charge in [-0.1, -0.05) is 50.3 Å². The minimum Gasteiger partial charge on any atom is -0.493 e. The van der Waals surface area contributed by atoms with Crippen LogP contribution in [0.3, 0.4) is 0 Å². The summed E-state index contributed by atoms with van der Waals surface area (Å²) in [6, 6.07) is 9.51. The van der Waals surface area contributed by atoms with Crippen molar-refractivity contribution in [1.82, 2.24) is 0 Å². The summed E-state index contributed by atoms with van der Waals surface area (Å²) in [5.74, 6) is 1.42. The molecule has 2 aromatic carbocycles. The molecule has 5 rings (SSSR count). The van der Waals surface area contributed by atoms with Gasteiger partial charge in [0, 0.05) is 17.5 Å². The van der Waals surface area contributed by atoms with Crippen LogP contribution in [0, 0.1) is 17.3 Å². The molecule has 0 spiro atoms. The van der Waals surface area contributed by atoms with Crippen molar-refractivity contribution in [3.8, 4) is 28.4 Å². The number of aliphatic carboxylic acids is 1. The van der Waals surface area contributed by atoms with Gasteiger partial charge in [-0.2, -0.15) is 0 Å². The Morgan fingerprint density at radius 1 is 0.943 bits per heavy atom. The molecule has 6 nitrogen and oxygen atoms in total. The Hall–Kier alpha value is -3.02. The fourth-order valence-electron chi connectivity index (χ4n) is 6.59. The second-order valence-electron chi connectivity index (χ2n) is 10.2. The monoisotopic (exact) mass is 478 g/mol. The molecule has 6 heteroatoms. The van der Waals surface area contributed by atoms with E-state index < -0.39 is 11.4 Å². The Morgan fingerprint density at radius 3 is 2.37 bits per heavy atom. The first-order valence-corrected chi connectivity index (χ1v) is 12.8. The van der Waals surface area contributed by atoms with Crippen LogP contribution in [0.1, 0.15) is 67.3 Å². The lowest BCUT2D eigenvalue weighted by molar-refractivity contribution is -0.170. The quantitative estimate of drug-likeness (QED) is 0.506. The average Bonchev–Trinajstić information content (AvgIpc) is 3.24. The van der Waals surface area contributed by atoms with Gasteiger partial charge < -0.3 is 19.3 Å². The maximum atomic E-state index is 12.6. The third kappa shape index (κ3) is 3.97. The summed E-state index contributed by atoms with van der Waals surface area (Å²) in [5, 5.41) is 10.4. The molecule has 3 aliphatic rings. The first kappa shape index (κ1) is 23.7. The molecule has 0 amide bonds. The summed E-state index contributed by atoms with van der Waals surface area (Å²) in [6.45, 7) is 0.0913. The van der Waals surface area contributed by atoms with Gasteiger partial charge in [0.1, 0.15) is 12.0 Å². The molecule has 0 aliphatic heterocycles. The number of benzene rings is 2. The van der Waals surface area contributed by atoms with E-state index in [1.165, 1.54) is 19.3 Å². The highest BCUT2D eigenvalue weighted by molar-refractivity contribution is 6.02. The van der Waals surface area contributed by atoms with Crippen molar-refractivity contribution >= 4 is 11.8 Å². The number of rotatable bonds is 8. The average molecular weight is 479 g/mol. The van der Waals surface area contributed by atoms with E-state index in [-0.39, 0.29) is 18.3 Å². The molecule has 0 saturated heterocycles. The van der Waals surface area contributed by atoms with Crippen LogP contribution in [0.4, 0.5) is 0 Å². The predicted octanol–water partition coefficient (Wildman–Crippen LogP) is 5.94. The van der Waals surface area contributed by atoms with Crippen molar-refractivity contribution in [2.75, 3.05) is 20.8 Å². The van der Waals surface area contributed by atoms with Crippen LogP contribution in [-0.4, -0.2) is 37.7 Å². The maximum absolute atomic E-state index is 12.6. The number of carboxylic acid groups (broad SMARTS) is 1. The van der Waals surface area contributed by atoms with Crippen LogP contribution in [0.2, 0.25) is 0 Å². The van der Waals surface area contributed by atoms with Crippen LogP contribution in [-0.2, 0) is 11.2 Å². The van der Waals surface area contributed by atoms with E-state index in [1.807, 2.05) is 30.3 Å². The number of carbonyl (C=O) groups excluding carboxylic acids is 1. The third-order valence-electron chi connectivity index (χ3n) is 8.60. The summed E-state index contributed by atoms with van der Waals surface area (Å²) in [6.07, 6.45) is 8.58. The number of Topliss-reactive ketones (excluding diaryl/α,β-unsaturated/α-hetero) is 1. The Labute approximate surface area is 206 Å². The maximum Gasteiger partial charge on any atom is 0.313 e. The Kier molecular flexibility index (Phi) is 6.47. The summed E-state index contributed by atoms with van der Waals surface area (Å²) >= 11 is 0. The summed E-state index contributed by atoms with van der Waals surface area (Å²) in [4.78, 5) is 25.0. The van der Waals surface area contributed by atoms with Crippen LogP contribution in [0.15, 0.2) is 30.3 Å². The fraction of sp³-hybridized carbons (Fsp3) is 0.517. The molecule has 3 aliphatic carbocycles. The molecule has 0 bridgehead atoms. The standard InChI is InChI=1S/C29H34O6/c1-33-25-14-12-22(19-9-6-10-21-20(19)11-13-24(21)30)26(27(25)34-2)35-17-29(28(31)32)16-15-23(29)18-7-4-3-5-8-18/h6,9-10,12,14,18,23H,3-5,7-8,11,13,15-17H2,1-2H3,(H,31,32). The van der Waals surface area contributed by atoms with Crippen molar-refractivity contribution in [1.29, 1.82) is 0 Å². The summed E-state index contributed by atoms with van der Waals surface area (Å²) in [5.41, 5.74) is 2.59. The largest absolute Gasteiger partial charge is 0.493 e. The van der Waals surface area contributed by atoms with E-state index in [0.29, 0.717) is 42.4 Å². The van der Waals surface area contributed by atoms with E-state index in [4.69, 9.17) is 14.2 Å². The molecule has 2 aromatic rings. The number of hydrogen-bond acceptors (Lipinski definition) is 5. The zero-order chi connectivity index (χ0) is 24.6. The molecule has 35 heavy (non-hydrogen) atoms. The molecule has 0 radical (unpaired) electrons. The predicted molar refractivity (Wildman–Crippen MR) is 132 cm³/mol. The normalized spacial score (nSPS) is 23.9. The van der Waals surface area contributed by atoms with Crippen LogP contribution in [0.25, 0.3) is 11.1 Å². The SMILES string of the molecule is COc1ccc(-c2cccc3c2CCC3=O)c(OCC2(C(=O)O)CCC2C2CCCCC2)c1OC. The fourth-order valence-corrected chi connectivity index (χ4v) is 6.59. The molecular weight excluding hydrogens is 444 g/mol. The highest BCUT2D eigenvalue weighted by atomic mass is 16.5. The number of ketones is 1. The van der Waals surface area contributed by atoms with Gasteiger partial charge in [0.05, 0.1) is 14.2 Å². The summed E-state index contributed by atoms with van der Waals surface area (Å²) < 4.78 is 17.7. The highest BCUT2D eigenvalue weighted by Gasteiger charge is 2.56. The molecule has 0 heterocycles. The second-order valence-corrected chi connectivity index (χ2v) is 10.2. The molecule has 0 aromatic heterocycles. The molecule has 1 N–H and O–H groups in total. The van der Waals surface area contributed by atoms with Crippen LogP contribution >= 0.6 is 0 Å². The van der Waals surface area contributed by atoms with Gasteiger partial charge in [-0.15, -0.1) is 0 Å². The summed E-state index contributed by atoms with van der Waals surface area (Å²) in [7, 11) is 3.14. The number of ether oxygens (including phenoxy) is 3. The van der Waals surface area contributed by atoms with Crippen LogP contribution in [0.5, 0.6) is 17.2 Å². The smallest absolute Gasteiger partial charge is 0.313 e. The van der Waals surface area contributed by atoms with Crippen molar-refractivity contribution < 1.29 is 28.9 Å². The van der Waals surface area contributed by atoms with Gasteiger partial charge in [-0.05, 0) is 54.4 Å². The van der Waals surface area contributed by atoms with Crippen molar-refractivity contribution in [3.05, 3.63) is 41.5 Å². The van der Waals surface area contributed by atoms with Gasteiger partial charge in [-0.25, -0.2) is 0 Å². The topological polar surface area (TPSA) is 82.1 Å².